The Morgan fingerprint density at radius 1 is 1.54 bits per heavy atom. The van der Waals surface area contributed by atoms with Gasteiger partial charge in [-0.1, -0.05) is 13.8 Å². The summed E-state index contributed by atoms with van der Waals surface area (Å²) in [5.41, 5.74) is 6.05. The van der Waals surface area contributed by atoms with Crippen molar-refractivity contribution in [2.45, 2.75) is 33.2 Å². The number of nitrogens with zero attached hydrogens (tertiary/aromatic N) is 1. The van der Waals surface area contributed by atoms with E-state index in [-0.39, 0.29) is 11.9 Å². The van der Waals surface area contributed by atoms with Crippen LogP contribution >= 0.6 is 0 Å². The first kappa shape index (κ1) is 10.5. The number of carbonyl (C=O) groups excluding carboxylic acids is 1. The van der Waals surface area contributed by atoms with E-state index in [4.69, 9.17) is 5.73 Å². The van der Waals surface area contributed by atoms with E-state index in [1.54, 1.807) is 6.92 Å². The van der Waals surface area contributed by atoms with Crippen molar-refractivity contribution in [3.63, 3.8) is 0 Å². The van der Waals surface area contributed by atoms with E-state index in [0.29, 0.717) is 11.8 Å². The highest BCUT2D eigenvalue weighted by atomic mass is 16.2. The van der Waals surface area contributed by atoms with Crippen molar-refractivity contribution in [1.82, 2.24) is 4.90 Å². The predicted octanol–water partition coefficient (Wildman–Crippen LogP) is 0.838. The van der Waals surface area contributed by atoms with Crippen LogP contribution in [0.2, 0.25) is 0 Å². The van der Waals surface area contributed by atoms with Crippen LogP contribution in [-0.2, 0) is 4.79 Å². The maximum Gasteiger partial charge on any atom is 0.219 e. The minimum Gasteiger partial charge on any atom is -0.343 e. The lowest BCUT2D eigenvalue weighted by Gasteiger charge is -2.22. The van der Waals surface area contributed by atoms with Gasteiger partial charge < -0.3 is 10.6 Å². The molecule has 1 aliphatic heterocycles. The molecule has 2 unspecified atom stereocenters. The van der Waals surface area contributed by atoms with Crippen LogP contribution in [0.5, 0.6) is 0 Å². The lowest BCUT2D eigenvalue weighted by atomic mass is 9.91. The molecule has 1 rings (SSSR count). The Morgan fingerprint density at radius 2 is 2.15 bits per heavy atom. The Balaban J connectivity index is 2.45. The summed E-state index contributed by atoms with van der Waals surface area (Å²) in [4.78, 5) is 13.0. The van der Waals surface area contributed by atoms with Gasteiger partial charge in [0.2, 0.25) is 5.91 Å². The van der Waals surface area contributed by atoms with Gasteiger partial charge in [-0.25, -0.2) is 0 Å². The van der Waals surface area contributed by atoms with Crippen LogP contribution in [0.25, 0.3) is 0 Å². The third-order valence-corrected chi connectivity index (χ3v) is 2.98. The van der Waals surface area contributed by atoms with E-state index in [9.17, 15) is 4.79 Å². The smallest absolute Gasteiger partial charge is 0.219 e. The minimum absolute atomic E-state index is 0.179. The fourth-order valence-electron chi connectivity index (χ4n) is 1.93. The molecule has 3 nitrogen and oxygen atoms in total. The van der Waals surface area contributed by atoms with E-state index in [1.807, 2.05) is 4.90 Å². The quantitative estimate of drug-likeness (QED) is 0.691. The second-order valence-corrected chi connectivity index (χ2v) is 4.34. The average molecular weight is 184 g/mol. The van der Waals surface area contributed by atoms with Crippen LogP contribution < -0.4 is 5.73 Å². The lowest BCUT2D eigenvalue weighted by molar-refractivity contribution is -0.127. The topological polar surface area (TPSA) is 46.3 Å². The summed E-state index contributed by atoms with van der Waals surface area (Å²) >= 11 is 0. The number of hydrogen-bond donors (Lipinski definition) is 1. The molecular weight excluding hydrogens is 164 g/mol. The zero-order chi connectivity index (χ0) is 10.0. The number of carbonyl (C=O) groups is 1. The summed E-state index contributed by atoms with van der Waals surface area (Å²) in [5, 5.41) is 0. The van der Waals surface area contributed by atoms with Crippen molar-refractivity contribution < 1.29 is 4.79 Å². The summed E-state index contributed by atoms with van der Waals surface area (Å²) in [7, 11) is 0. The van der Waals surface area contributed by atoms with E-state index < -0.39 is 0 Å². The van der Waals surface area contributed by atoms with Crippen LogP contribution in [0.4, 0.5) is 0 Å². The first-order valence-corrected chi connectivity index (χ1v) is 5.03. The Morgan fingerprint density at radius 3 is 2.54 bits per heavy atom. The molecule has 0 aliphatic carbocycles. The van der Waals surface area contributed by atoms with Crippen molar-refractivity contribution in [1.29, 1.82) is 0 Å². The number of rotatable bonds is 2. The SMILES string of the molecule is CC(=O)N1CCC(C(N)C(C)C)C1. The fourth-order valence-corrected chi connectivity index (χ4v) is 1.93. The molecule has 1 aliphatic rings. The normalized spacial score (nSPS) is 25.3. The van der Waals surface area contributed by atoms with Gasteiger partial charge in [0, 0.05) is 26.1 Å². The first-order chi connectivity index (χ1) is 6.02. The van der Waals surface area contributed by atoms with Crippen LogP contribution in [0.1, 0.15) is 27.2 Å². The molecule has 0 aromatic heterocycles. The van der Waals surface area contributed by atoms with E-state index >= 15 is 0 Å². The van der Waals surface area contributed by atoms with E-state index in [1.165, 1.54) is 0 Å². The summed E-state index contributed by atoms with van der Waals surface area (Å²) in [5.74, 6) is 1.19. The monoisotopic (exact) mass is 184 g/mol. The summed E-state index contributed by atoms with van der Waals surface area (Å²) < 4.78 is 0. The molecule has 1 saturated heterocycles. The standard InChI is InChI=1S/C10H20N2O/c1-7(2)10(11)9-4-5-12(6-9)8(3)13/h7,9-10H,4-6,11H2,1-3H3. The molecule has 0 bridgehead atoms. The molecule has 0 spiro atoms. The van der Waals surface area contributed by atoms with Crippen molar-refractivity contribution >= 4 is 5.91 Å². The van der Waals surface area contributed by atoms with Crippen LogP contribution in [0.3, 0.4) is 0 Å². The summed E-state index contributed by atoms with van der Waals surface area (Å²) in [6.45, 7) is 7.65. The van der Waals surface area contributed by atoms with Gasteiger partial charge in [0.15, 0.2) is 0 Å². The van der Waals surface area contributed by atoms with Gasteiger partial charge in [-0.2, -0.15) is 0 Å². The second-order valence-electron chi connectivity index (χ2n) is 4.34. The zero-order valence-corrected chi connectivity index (χ0v) is 8.79. The first-order valence-electron chi connectivity index (χ1n) is 5.03. The maximum absolute atomic E-state index is 11.1. The molecule has 1 amide bonds. The molecule has 2 atom stereocenters. The van der Waals surface area contributed by atoms with Crippen molar-refractivity contribution in [3.8, 4) is 0 Å². The van der Waals surface area contributed by atoms with E-state index in [2.05, 4.69) is 13.8 Å². The maximum atomic E-state index is 11.1. The largest absolute Gasteiger partial charge is 0.343 e. The predicted molar refractivity (Wildman–Crippen MR) is 53.2 cm³/mol. The highest BCUT2D eigenvalue weighted by Crippen LogP contribution is 2.22. The van der Waals surface area contributed by atoms with E-state index in [0.717, 1.165) is 19.5 Å². The molecule has 0 aromatic rings. The number of hydrogen-bond acceptors (Lipinski definition) is 2. The molecule has 0 radical (unpaired) electrons. The summed E-state index contributed by atoms with van der Waals surface area (Å²) in [6.07, 6.45) is 1.07. The van der Waals surface area contributed by atoms with Gasteiger partial charge in [0.1, 0.15) is 0 Å². The van der Waals surface area contributed by atoms with Crippen molar-refractivity contribution in [3.05, 3.63) is 0 Å². The number of likely N-dealkylation sites (tertiary alicyclic amines) is 1. The highest BCUT2D eigenvalue weighted by Gasteiger charge is 2.29. The highest BCUT2D eigenvalue weighted by molar-refractivity contribution is 5.73. The summed E-state index contributed by atoms with van der Waals surface area (Å²) in [6, 6.07) is 0.240. The molecule has 76 valence electrons. The molecule has 3 heteroatoms. The molecule has 13 heavy (non-hydrogen) atoms. The van der Waals surface area contributed by atoms with Crippen molar-refractivity contribution in [2.75, 3.05) is 13.1 Å². The van der Waals surface area contributed by atoms with Gasteiger partial charge in [-0.15, -0.1) is 0 Å². The molecule has 1 fully saturated rings. The zero-order valence-electron chi connectivity index (χ0n) is 8.79. The lowest BCUT2D eigenvalue weighted by Crippen LogP contribution is -2.37. The van der Waals surface area contributed by atoms with Crippen molar-refractivity contribution in [2.24, 2.45) is 17.6 Å². The Hall–Kier alpha value is -0.570. The Labute approximate surface area is 80.3 Å². The van der Waals surface area contributed by atoms with Gasteiger partial charge in [0.25, 0.3) is 0 Å². The third kappa shape index (κ3) is 2.44. The van der Waals surface area contributed by atoms with Gasteiger partial charge in [0.05, 0.1) is 0 Å². The number of amides is 1. The van der Waals surface area contributed by atoms with Crippen LogP contribution in [0.15, 0.2) is 0 Å². The molecule has 1 heterocycles. The second kappa shape index (κ2) is 4.09. The van der Waals surface area contributed by atoms with Gasteiger partial charge in [-0.05, 0) is 18.3 Å². The average Bonchev–Trinajstić information content (AvgIpc) is 2.50. The molecular formula is C10H20N2O. The molecule has 0 saturated carbocycles. The Kier molecular flexibility index (Phi) is 3.31. The molecule has 2 N–H and O–H groups in total. The minimum atomic E-state index is 0.179. The van der Waals surface area contributed by atoms with Crippen LogP contribution in [0, 0.1) is 11.8 Å². The Bertz CT molecular complexity index is 191. The molecule has 0 aromatic carbocycles. The number of nitrogens with two attached hydrogens (primary N) is 1. The van der Waals surface area contributed by atoms with Gasteiger partial charge in [-0.3, -0.25) is 4.79 Å². The van der Waals surface area contributed by atoms with Gasteiger partial charge >= 0.3 is 0 Å². The fraction of sp³-hybridized carbons (Fsp3) is 0.900. The third-order valence-electron chi connectivity index (χ3n) is 2.98. The van der Waals surface area contributed by atoms with Crippen LogP contribution in [-0.4, -0.2) is 29.9 Å².